The van der Waals surface area contributed by atoms with Gasteiger partial charge in [-0.1, -0.05) is 61.3 Å². The molecule has 3 aromatic rings. The van der Waals surface area contributed by atoms with Crippen LogP contribution < -0.4 is 15.5 Å². The molecular formula is C29H26ClN3O5. The number of aryl methyl sites for hydroxylation is 1. The Kier molecular flexibility index (Phi) is 8.23. The lowest BCUT2D eigenvalue weighted by molar-refractivity contribution is -0.120. The average Bonchev–Trinajstić information content (AvgIpc) is 3.12. The first-order chi connectivity index (χ1) is 18.3. The lowest BCUT2D eigenvalue weighted by Gasteiger charge is -2.17. The highest BCUT2D eigenvalue weighted by molar-refractivity contribution is 6.53. The van der Waals surface area contributed by atoms with Crippen LogP contribution in [0.1, 0.15) is 46.0 Å². The van der Waals surface area contributed by atoms with E-state index in [1.165, 1.54) is 6.07 Å². The summed E-state index contributed by atoms with van der Waals surface area (Å²) in [5.74, 6) is -2.23. The molecule has 0 unspecified atom stereocenters. The number of hydrogen-bond acceptors (Lipinski definition) is 6. The van der Waals surface area contributed by atoms with Gasteiger partial charge < -0.3 is 15.4 Å². The third-order valence-electron chi connectivity index (χ3n) is 5.90. The second-order valence-electron chi connectivity index (χ2n) is 8.62. The fourth-order valence-corrected chi connectivity index (χ4v) is 4.09. The summed E-state index contributed by atoms with van der Waals surface area (Å²) in [6, 6.07) is 19.9. The van der Waals surface area contributed by atoms with Gasteiger partial charge in [-0.2, -0.15) is 0 Å². The van der Waals surface area contributed by atoms with Crippen molar-refractivity contribution in [2.75, 3.05) is 22.1 Å². The number of benzene rings is 3. The molecule has 0 fully saturated rings. The summed E-state index contributed by atoms with van der Waals surface area (Å²) in [4.78, 5) is 52.4. The van der Waals surface area contributed by atoms with Crippen LogP contribution >= 0.6 is 11.6 Å². The highest BCUT2D eigenvalue weighted by Gasteiger charge is 2.39. The molecule has 0 bridgehead atoms. The number of esters is 1. The van der Waals surface area contributed by atoms with Gasteiger partial charge in [0.1, 0.15) is 10.7 Å². The number of halogens is 1. The first-order valence-corrected chi connectivity index (χ1v) is 12.5. The topological polar surface area (TPSA) is 105 Å². The number of anilines is 3. The van der Waals surface area contributed by atoms with Crippen molar-refractivity contribution in [3.63, 3.8) is 0 Å². The van der Waals surface area contributed by atoms with Crippen LogP contribution in [0.25, 0.3) is 0 Å². The lowest BCUT2D eigenvalue weighted by Crippen LogP contribution is -2.32. The maximum Gasteiger partial charge on any atom is 0.340 e. The third-order valence-corrected chi connectivity index (χ3v) is 6.25. The van der Waals surface area contributed by atoms with Gasteiger partial charge in [0.15, 0.2) is 0 Å². The number of carbonyl (C=O) groups excluding carboxylic acids is 4. The molecule has 1 heterocycles. The summed E-state index contributed by atoms with van der Waals surface area (Å²) in [5, 5.41) is 5.39. The summed E-state index contributed by atoms with van der Waals surface area (Å²) in [5.41, 5.74) is 2.30. The molecule has 0 saturated heterocycles. The molecule has 1 aliphatic rings. The first-order valence-electron chi connectivity index (χ1n) is 12.1. The van der Waals surface area contributed by atoms with Crippen molar-refractivity contribution in [3.05, 3.63) is 100 Å². The average molecular weight is 532 g/mol. The Morgan fingerprint density at radius 2 is 1.68 bits per heavy atom. The fourth-order valence-electron chi connectivity index (χ4n) is 3.88. The molecule has 2 N–H and O–H groups in total. The normalized spacial score (nSPS) is 13.1. The quantitative estimate of drug-likeness (QED) is 0.210. The molecule has 1 aliphatic heterocycles. The molecule has 0 radical (unpaired) electrons. The van der Waals surface area contributed by atoms with E-state index in [1.54, 1.807) is 67.6 Å². The van der Waals surface area contributed by atoms with E-state index in [4.69, 9.17) is 16.3 Å². The minimum atomic E-state index is -0.634. The molecule has 4 rings (SSSR count). The molecule has 3 aromatic carbocycles. The van der Waals surface area contributed by atoms with Crippen molar-refractivity contribution in [2.45, 2.75) is 26.7 Å². The Morgan fingerprint density at radius 3 is 2.45 bits per heavy atom. The van der Waals surface area contributed by atoms with Crippen LogP contribution in [0.2, 0.25) is 0 Å². The number of ether oxygens (including phenoxy) is 1. The van der Waals surface area contributed by atoms with Crippen LogP contribution in [-0.4, -0.2) is 30.3 Å². The van der Waals surface area contributed by atoms with Gasteiger partial charge in [-0.3, -0.25) is 14.4 Å². The Labute approximate surface area is 225 Å². The highest BCUT2D eigenvalue weighted by atomic mass is 35.5. The zero-order valence-electron chi connectivity index (χ0n) is 20.9. The largest absolute Gasteiger partial charge is 0.462 e. The molecule has 0 aliphatic carbocycles. The first kappa shape index (κ1) is 26.6. The van der Waals surface area contributed by atoms with Gasteiger partial charge in [-0.25, -0.2) is 9.69 Å². The summed E-state index contributed by atoms with van der Waals surface area (Å²) >= 11 is 6.25. The Balaban J connectivity index is 1.51. The van der Waals surface area contributed by atoms with Gasteiger partial charge in [-0.05, 0) is 55.3 Å². The van der Waals surface area contributed by atoms with Crippen molar-refractivity contribution in [1.82, 2.24) is 0 Å². The number of unbranched alkanes of at least 4 members (excludes halogenated alkanes) is 1. The van der Waals surface area contributed by atoms with Crippen molar-refractivity contribution in [1.29, 1.82) is 0 Å². The summed E-state index contributed by atoms with van der Waals surface area (Å²) in [7, 11) is 0. The zero-order chi connectivity index (χ0) is 27.2. The van der Waals surface area contributed by atoms with E-state index in [0.717, 1.165) is 23.3 Å². The smallest absolute Gasteiger partial charge is 0.340 e. The monoisotopic (exact) mass is 531 g/mol. The van der Waals surface area contributed by atoms with Gasteiger partial charge in [0.2, 0.25) is 0 Å². The summed E-state index contributed by atoms with van der Waals surface area (Å²) < 4.78 is 5.29. The number of imide groups is 1. The predicted molar refractivity (Wildman–Crippen MR) is 146 cm³/mol. The van der Waals surface area contributed by atoms with E-state index in [0.29, 0.717) is 23.7 Å². The number of amides is 3. The van der Waals surface area contributed by atoms with E-state index in [2.05, 4.69) is 10.6 Å². The van der Waals surface area contributed by atoms with Crippen LogP contribution in [0.4, 0.5) is 17.1 Å². The minimum Gasteiger partial charge on any atom is -0.462 e. The van der Waals surface area contributed by atoms with E-state index >= 15 is 0 Å². The van der Waals surface area contributed by atoms with Crippen LogP contribution in [-0.2, 0) is 14.3 Å². The predicted octanol–water partition coefficient (Wildman–Crippen LogP) is 5.64. The van der Waals surface area contributed by atoms with Gasteiger partial charge in [0, 0.05) is 11.3 Å². The molecule has 0 atom stereocenters. The SMILES string of the molecule is CCCCOC(=O)c1ccccc1NC(=O)c1cccc(NC2=C(Cl)C(=O)N(c3ccccc3C)C2=O)c1. The lowest BCUT2D eigenvalue weighted by atomic mass is 10.1. The Morgan fingerprint density at radius 1 is 0.947 bits per heavy atom. The minimum absolute atomic E-state index is 0.0855. The standard InChI is InChI=1S/C29H26ClN3O5/c1-3-4-16-38-29(37)21-13-6-7-14-22(21)32-26(34)19-11-9-12-20(17-19)31-25-24(30)27(35)33(28(25)36)23-15-8-5-10-18(23)2/h5-15,17,31H,3-4,16H2,1-2H3,(H,32,34). The molecule has 194 valence electrons. The maximum absolute atomic E-state index is 13.1. The zero-order valence-corrected chi connectivity index (χ0v) is 21.7. The molecule has 0 saturated carbocycles. The molecule has 3 amide bonds. The number of para-hydroxylation sites is 2. The molecule has 0 spiro atoms. The van der Waals surface area contributed by atoms with Crippen LogP contribution in [0, 0.1) is 6.92 Å². The number of rotatable bonds is 9. The maximum atomic E-state index is 13.1. The van der Waals surface area contributed by atoms with E-state index in [-0.39, 0.29) is 21.9 Å². The van der Waals surface area contributed by atoms with Crippen molar-refractivity contribution >= 4 is 52.4 Å². The number of nitrogens with one attached hydrogen (secondary N) is 2. The number of carbonyl (C=O) groups is 4. The van der Waals surface area contributed by atoms with Crippen molar-refractivity contribution in [3.8, 4) is 0 Å². The van der Waals surface area contributed by atoms with E-state index < -0.39 is 23.7 Å². The van der Waals surface area contributed by atoms with Crippen LogP contribution in [0.3, 0.4) is 0 Å². The Hall–Kier alpha value is -4.43. The van der Waals surface area contributed by atoms with Gasteiger partial charge in [-0.15, -0.1) is 0 Å². The molecule has 0 aromatic heterocycles. The van der Waals surface area contributed by atoms with Crippen molar-refractivity contribution < 1.29 is 23.9 Å². The molecular weight excluding hydrogens is 506 g/mol. The van der Waals surface area contributed by atoms with E-state index in [1.807, 2.05) is 13.0 Å². The molecule has 9 heteroatoms. The van der Waals surface area contributed by atoms with Gasteiger partial charge in [0.05, 0.1) is 23.5 Å². The Bertz CT molecular complexity index is 1450. The van der Waals surface area contributed by atoms with Gasteiger partial charge >= 0.3 is 5.97 Å². The third kappa shape index (κ3) is 5.60. The fraction of sp³-hybridized carbons (Fsp3) is 0.172. The second-order valence-corrected chi connectivity index (χ2v) is 8.99. The van der Waals surface area contributed by atoms with E-state index in [9.17, 15) is 19.2 Å². The summed E-state index contributed by atoms with van der Waals surface area (Å²) in [6.45, 7) is 4.09. The number of hydrogen-bond donors (Lipinski definition) is 2. The second kappa shape index (κ2) is 11.7. The molecule has 8 nitrogen and oxygen atoms in total. The van der Waals surface area contributed by atoms with Crippen LogP contribution in [0.15, 0.2) is 83.5 Å². The van der Waals surface area contributed by atoms with Gasteiger partial charge in [0.25, 0.3) is 17.7 Å². The molecule has 38 heavy (non-hydrogen) atoms. The van der Waals surface area contributed by atoms with Crippen molar-refractivity contribution in [2.24, 2.45) is 0 Å². The summed E-state index contributed by atoms with van der Waals surface area (Å²) in [6.07, 6.45) is 1.64. The highest BCUT2D eigenvalue weighted by Crippen LogP contribution is 2.32. The van der Waals surface area contributed by atoms with Crippen LogP contribution in [0.5, 0.6) is 0 Å². The number of nitrogens with zero attached hydrogens (tertiary/aromatic N) is 1.